The molecule has 22 heavy (non-hydrogen) atoms. The zero-order chi connectivity index (χ0) is 15.8. The average Bonchev–Trinajstić information content (AvgIpc) is 2.56. The molecule has 0 saturated heterocycles. The zero-order valence-electron chi connectivity index (χ0n) is 12.9. The van der Waals surface area contributed by atoms with Crippen molar-refractivity contribution in [1.29, 1.82) is 0 Å². The van der Waals surface area contributed by atoms with Gasteiger partial charge in [-0.1, -0.05) is 18.2 Å². The summed E-state index contributed by atoms with van der Waals surface area (Å²) in [5, 5.41) is 0. The summed E-state index contributed by atoms with van der Waals surface area (Å²) in [6, 6.07) is 13.0. The van der Waals surface area contributed by atoms with Crippen LogP contribution in [0, 0.1) is 6.92 Å². The van der Waals surface area contributed by atoms with Crippen LogP contribution in [0.3, 0.4) is 0 Å². The number of carbonyl (C=O) groups is 1. The lowest BCUT2D eigenvalue weighted by Crippen LogP contribution is -2.06. The van der Waals surface area contributed by atoms with Gasteiger partial charge in [0.1, 0.15) is 12.0 Å². The van der Waals surface area contributed by atoms with Gasteiger partial charge in [-0.3, -0.25) is 4.79 Å². The topological polar surface area (TPSA) is 44.8 Å². The number of aryl methyl sites for hydroxylation is 1. The summed E-state index contributed by atoms with van der Waals surface area (Å²) in [7, 11) is 1.55. The minimum Gasteiger partial charge on any atom is -0.493 e. The van der Waals surface area contributed by atoms with E-state index in [1.54, 1.807) is 25.3 Å². The first-order valence-electron chi connectivity index (χ1n) is 7.19. The van der Waals surface area contributed by atoms with Crippen molar-refractivity contribution in [3.63, 3.8) is 0 Å². The Morgan fingerprint density at radius 3 is 2.36 bits per heavy atom. The Kier molecular flexibility index (Phi) is 5.83. The molecule has 0 fully saturated rings. The minimum atomic E-state index is 0.517. The molecule has 0 heterocycles. The molecule has 116 valence electrons. The van der Waals surface area contributed by atoms with E-state index in [4.69, 9.17) is 14.2 Å². The third-order valence-electron chi connectivity index (χ3n) is 3.22. The molecule has 2 aromatic carbocycles. The van der Waals surface area contributed by atoms with E-state index in [9.17, 15) is 4.79 Å². The average molecular weight is 300 g/mol. The number of methoxy groups -OCH3 is 1. The number of hydrogen-bond donors (Lipinski definition) is 0. The molecule has 0 atom stereocenters. The third-order valence-corrected chi connectivity index (χ3v) is 3.22. The van der Waals surface area contributed by atoms with Gasteiger partial charge in [0.15, 0.2) is 11.5 Å². The summed E-state index contributed by atoms with van der Waals surface area (Å²) < 4.78 is 16.6. The number of carbonyl (C=O) groups excluding carboxylic acids is 1. The van der Waals surface area contributed by atoms with Crippen molar-refractivity contribution in [2.75, 3.05) is 20.3 Å². The number of hydrogen-bond acceptors (Lipinski definition) is 4. The lowest BCUT2D eigenvalue weighted by atomic mass is 10.2. The van der Waals surface area contributed by atoms with Crippen molar-refractivity contribution in [3.8, 4) is 17.2 Å². The molecule has 2 rings (SSSR count). The molecular weight excluding hydrogens is 280 g/mol. The highest BCUT2D eigenvalue weighted by Gasteiger charge is 2.05. The highest BCUT2D eigenvalue weighted by molar-refractivity contribution is 5.76. The van der Waals surface area contributed by atoms with Gasteiger partial charge < -0.3 is 14.2 Å². The fourth-order valence-corrected chi connectivity index (χ4v) is 2.02. The fourth-order valence-electron chi connectivity index (χ4n) is 2.02. The molecule has 2 aromatic rings. The Morgan fingerprint density at radius 1 is 0.955 bits per heavy atom. The van der Waals surface area contributed by atoms with Crippen LogP contribution in [0.15, 0.2) is 42.5 Å². The summed E-state index contributed by atoms with van der Waals surface area (Å²) in [5.41, 5.74) is 1.68. The summed E-state index contributed by atoms with van der Waals surface area (Å²) in [5.74, 6) is 2.09. The van der Waals surface area contributed by atoms with Gasteiger partial charge in [-0.05, 0) is 36.8 Å². The first-order chi connectivity index (χ1) is 10.7. The predicted octanol–water partition coefficient (Wildman–Crippen LogP) is 3.66. The quantitative estimate of drug-likeness (QED) is 0.551. The molecular formula is C18H20O4. The highest BCUT2D eigenvalue weighted by Crippen LogP contribution is 2.27. The van der Waals surface area contributed by atoms with Crippen LogP contribution in [-0.4, -0.2) is 26.6 Å². The molecule has 0 aliphatic heterocycles. The standard InChI is InChI=1S/C18H20O4/c1-14-6-3-4-7-16(14)21-10-5-11-22-17-9-8-15(13-19)12-18(17)20-2/h3-4,6-9,12-13H,5,10-11H2,1-2H3. The van der Waals surface area contributed by atoms with E-state index in [0.717, 1.165) is 24.0 Å². The van der Waals surface area contributed by atoms with E-state index in [0.29, 0.717) is 30.3 Å². The van der Waals surface area contributed by atoms with Gasteiger partial charge in [0.25, 0.3) is 0 Å². The molecule has 4 nitrogen and oxygen atoms in total. The van der Waals surface area contributed by atoms with Crippen molar-refractivity contribution in [2.24, 2.45) is 0 Å². The molecule has 0 bridgehead atoms. The van der Waals surface area contributed by atoms with Gasteiger partial charge in [0, 0.05) is 12.0 Å². The molecule has 4 heteroatoms. The fraction of sp³-hybridized carbons (Fsp3) is 0.278. The van der Waals surface area contributed by atoms with Gasteiger partial charge in [0.05, 0.1) is 20.3 Å². The van der Waals surface area contributed by atoms with Crippen LogP contribution >= 0.6 is 0 Å². The second-order valence-corrected chi connectivity index (χ2v) is 4.84. The maximum atomic E-state index is 10.7. The zero-order valence-corrected chi connectivity index (χ0v) is 12.9. The van der Waals surface area contributed by atoms with Gasteiger partial charge in [-0.25, -0.2) is 0 Å². The van der Waals surface area contributed by atoms with E-state index in [1.807, 2.05) is 31.2 Å². The number of para-hydroxylation sites is 1. The van der Waals surface area contributed by atoms with Crippen molar-refractivity contribution >= 4 is 6.29 Å². The summed E-state index contributed by atoms with van der Waals surface area (Å²) in [4.78, 5) is 10.7. The molecule has 0 amide bonds. The maximum Gasteiger partial charge on any atom is 0.161 e. The number of benzene rings is 2. The Morgan fingerprint density at radius 2 is 1.68 bits per heavy atom. The second-order valence-electron chi connectivity index (χ2n) is 4.84. The maximum absolute atomic E-state index is 10.7. The Hall–Kier alpha value is -2.49. The van der Waals surface area contributed by atoms with Gasteiger partial charge in [-0.15, -0.1) is 0 Å². The number of rotatable bonds is 8. The molecule has 0 aliphatic carbocycles. The molecule has 0 aromatic heterocycles. The SMILES string of the molecule is COc1cc(C=O)ccc1OCCCOc1ccccc1C. The molecule has 0 unspecified atom stereocenters. The second kappa shape index (κ2) is 8.08. The van der Waals surface area contributed by atoms with Crippen LogP contribution in [0.1, 0.15) is 22.3 Å². The van der Waals surface area contributed by atoms with E-state index >= 15 is 0 Å². The molecule has 0 aliphatic rings. The number of aldehydes is 1. The largest absolute Gasteiger partial charge is 0.493 e. The van der Waals surface area contributed by atoms with E-state index in [1.165, 1.54) is 0 Å². The summed E-state index contributed by atoms with van der Waals surface area (Å²) in [6.45, 7) is 3.12. The highest BCUT2D eigenvalue weighted by atomic mass is 16.5. The first-order valence-corrected chi connectivity index (χ1v) is 7.19. The van der Waals surface area contributed by atoms with Crippen LogP contribution in [0.25, 0.3) is 0 Å². The van der Waals surface area contributed by atoms with Crippen LogP contribution in [0.2, 0.25) is 0 Å². The van der Waals surface area contributed by atoms with Crippen molar-refractivity contribution in [1.82, 2.24) is 0 Å². The van der Waals surface area contributed by atoms with Crippen molar-refractivity contribution < 1.29 is 19.0 Å². The molecule has 0 saturated carbocycles. The number of ether oxygens (including phenoxy) is 3. The van der Waals surface area contributed by atoms with Gasteiger partial charge in [0.2, 0.25) is 0 Å². The van der Waals surface area contributed by atoms with E-state index in [2.05, 4.69) is 0 Å². The van der Waals surface area contributed by atoms with Crippen molar-refractivity contribution in [2.45, 2.75) is 13.3 Å². The van der Waals surface area contributed by atoms with Gasteiger partial charge in [-0.2, -0.15) is 0 Å². The monoisotopic (exact) mass is 300 g/mol. The Labute approximate surface area is 130 Å². The lowest BCUT2D eigenvalue weighted by Gasteiger charge is -2.12. The summed E-state index contributed by atoms with van der Waals surface area (Å²) in [6.07, 6.45) is 1.54. The first kappa shape index (κ1) is 15.9. The van der Waals surface area contributed by atoms with Crippen LogP contribution in [0.4, 0.5) is 0 Å². The smallest absolute Gasteiger partial charge is 0.161 e. The van der Waals surface area contributed by atoms with Crippen LogP contribution in [-0.2, 0) is 0 Å². The van der Waals surface area contributed by atoms with Crippen LogP contribution < -0.4 is 14.2 Å². The molecule has 0 N–H and O–H groups in total. The minimum absolute atomic E-state index is 0.517. The molecule has 0 spiro atoms. The predicted molar refractivity (Wildman–Crippen MR) is 85.2 cm³/mol. The normalized spacial score (nSPS) is 10.1. The molecule has 0 radical (unpaired) electrons. The van der Waals surface area contributed by atoms with Crippen molar-refractivity contribution in [3.05, 3.63) is 53.6 Å². The lowest BCUT2D eigenvalue weighted by molar-refractivity contribution is 0.112. The Balaban J connectivity index is 1.79. The van der Waals surface area contributed by atoms with E-state index < -0.39 is 0 Å². The Bertz CT molecular complexity index is 622. The van der Waals surface area contributed by atoms with Crippen LogP contribution in [0.5, 0.6) is 17.2 Å². The third kappa shape index (κ3) is 4.25. The summed E-state index contributed by atoms with van der Waals surface area (Å²) >= 11 is 0. The van der Waals surface area contributed by atoms with E-state index in [-0.39, 0.29) is 0 Å². The van der Waals surface area contributed by atoms with Gasteiger partial charge >= 0.3 is 0 Å².